The highest BCUT2D eigenvalue weighted by Gasteiger charge is 2.20. The van der Waals surface area contributed by atoms with Gasteiger partial charge in [0.05, 0.1) is 17.2 Å². The molecule has 2 aromatic heterocycles. The molecule has 2 aromatic rings. The molecule has 5 nitrogen and oxygen atoms in total. The predicted molar refractivity (Wildman–Crippen MR) is 127 cm³/mol. The largest absolute Gasteiger partial charge is 0.357 e. The fourth-order valence-electron chi connectivity index (χ4n) is 3.20. The average molecular weight is 520 g/mol. The van der Waals surface area contributed by atoms with E-state index in [2.05, 4.69) is 57.3 Å². The number of aliphatic imine (C=N–C) groups is 1. The Morgan fingerprint density at radius 2 is 2.11 bits per heavy atom. The van der Waals surface area contributed by atoms with Gasteiger partial charge in [0.2, 0.25) is 0 Å². The first-order chi connectivity index (χ1) is 12.7. The van der Waals surface area contributed by atoms with Gasteiger partial charge < -0.3 is 10.6 Å². The molecule has 2 N–H and O–H groups in total. The third kappa shape index (κ3) is 7.67. The van der Waals surface area contributed by atoms with E-state index in [-0.39, 0.29) is 24.0 Å². The topological polar surface area (TPSA) is 52.6 Å². The maximum Gasteiger partial charge on any atom is 0.191 e. The Labute approximate surface area is 187 Å². The Hall–Kier alpha value is -0.710. The number of aryl methyl sites for hydroxylation is 1. The van der Waals surface area contributed by atoms with Crippen molar-refractivity contribution in [3.63, 3.8) is 0 Å². The minimum absolute atomic E-state index is 0. The molecular weight excluding hydrogens is 489 g/mol. The Bertz CT molecular complexity index is 678. The van der Waals surface area contributed by atoms with E-state index in [1.54, 1.807) is 22.7 Å². The number of nitrogens with one attached hydrogen (secondary N) is 2. The number of guanidine groups is 1. The molecule has 3 heterocycles. The molecule has 0 atom stereocenters. The lowest BCUT2D eigenvalue weighted by Crippen LogP contribution is -2.42. The van der Waals surface area contributed by atoms with Gasteiger partial charge >= 0.3 is 0 Å². The highest BCUT2D eigenvalue weighted by Crippen LogP contribution is 2.19. The van der Waals surface area contributed by atoms with E-state index in [0.29, 0.717) is 5.92 Å². The zero-order valence-electron chi connectivity index (χ0n) is 16.1. The van der Waals surface area contributed by atoms with Crippen LogP contribution in [0, 0.1) is 12.8 Å². The molecule has 1 aliphatic rings. The number of nitrogens with zero attached hydrogens (tertiary/aromatic N) is 3. The highest BCUT2D eigenvalue weighted by molar-refractivity contribution is 14.0. The van der Waals surface area contributed by atoms with Crippen molar-refractivity contribution >= 4 is 52.6 Å². The van der Waals surface area contributed by atoms with Gasteiger partial charge in [-0.1, -0.05) is 6.07 Å². The monoisotopic (exact) mass is 519 g/mol. The first-order valence-corrected chi connectivity index (χ1v) is 11.2. The van der Waals surface area contributed by atoms with E-state index in [0.717, 1.165) is 50.2 Å². The van der Waals surface area contributed by atoms with Gasteiger partial charge in [0.25, 0.3) is 0 Å². The molecule has 0 saturated carbocycles. The number of hydrogen-bond donors (Lipinski definition) is 2. The number of rotatable bonds is 7. The van der Waals surface area contributed by atoms with Crippen LogP contribution in [-0.4, -0.2) is 42.0 Å². The maximum atomic E-state index is 4.70. The van der Waals surface area contributed by atoms with Crippen molar-refractivity contribution in [2.24, 2.45) is 10.9 Å². The number of likely N-dealkylation sites (tertiary alicyclic amines) is 1. The van der Waals surface area contributed by atoms with E-state index in [1.165, 1.54) is 23.4 Å². The average Bonchev–Trinajstić information content (AvgIpc) is 3.30. The second-order valence-corrected chi connectivity index (χ2v) is 8.83. The number of piperidine rings is 1. The third-order valence-corrected chi connectivity index (χ3v) is 6.32. The van der Waals surface area contributed by atoms with Crippen LogP contribution >= 0.6 is 46.7 Å². The van der Waals surface area contributed by atoms with Gasteiger partial charge in [0.15, 0.2) is 5.96 Å². The van der Waals surface area contributed by atoms with Crippen LogP contribution in [0.5, 0.6) is 0 Å². The van der Waals surface area contributed by atoms with Gasteiger partial charge in [-0.3, -0.25) is 4.90 Å². The van der Waals surface area contributed by atoms with Gasteiger partial charge in [-0.25, -0.2) is 9.98 Å². The van der Waals surface area contributed by atoms with E-state index >= 15 is 0 Å². The molecule has 0 unspecified atom stereocenters. The predicted octanol–water partition coefficient (Wildman–Crippen LogP) is 4.10. The molecule has 27 heavy (non-hydrogen) atoms. The van der Waals surface area contributed by atoms with Gasteiger partial charge in [-0.05, 0) is 57.1 Å². The number of thiazole rings is 1. The van der Waals surface area contributed by atoms with Gasteiger partial charge in [-0.15, -0.1) is 46.7 Å². The van der Waals surface area contributed by atoms with Gasteiger partial charge in [-0.2, -0.15) is 0 Å². The lowest BCUT2D eigenvalue weighted by atomic mass is 9.97. The van der Waals surface area contributed by atoms with Crippen molar-refractivity contribution in [1.82, 2.24) is 20.5 Å². The van der Waals surface area contributed by atoms with Crippen molar-refractivity contribution in [1.29, 1.82) is 0 Å². The smallest absolute Gasteiger partial charge is 0.191 e. The molecule has 0 amide bonds. The van der Waals surface area contributed by atoms with Crippen molar-refractivity contribution < 1.29 is 0 Å². The molecule has 0 radical (unpaired) electrons. The summed E-state index contributed by atoms with van der Waals surface area (Å²) in [4.78, 5) is 13.1. The lowest BCUT2D eigenvalue weighted by Gasteiger charge is -2.31. The normalized spacial score (nSPS) is 16.1. The van der Waals surface area contributed by atoms with Crippen LogP contribution in [-0.2, 0) is 13.1 Å². The van der Waals surface area contributed by atoms with Gasteiger partial charge in [0.1, 0.15) is 0 Å². The fraction of sp³-hybridized carbons (Fsp3) is 0.579. The quantitative estimate of drug-likeness (QED) is 0.329. The van der Waals surface area contributed by atoms with Crippen LogP contribution in [0.2, 0.25) is 0 Å². The highest BCUT2D eigenvalue weighted by atomic mass is 127. The van der Waals surface area contributed by atoms with Crippen molar-refractivity contribution in [2.75, 3.05) is 26.2 Å². The first-order valence-electron chi connectivity index (χ1n) is 9.41. The number of halogens is 1. The molecule has 1 aliphatic heterocycles. The molecule has 150 valence electrons. The van der Waals surface area contributed by atoms with Crippen LogP contribution in [0.4, 0.5) is 0 Å². The van der Waals surface area contributed by atoms with E-state index in [4.69, 9.17) is 4.99 Å². The zero-order chi connectivity index (χ0) is 18.2. The van der Waals surface area contributed by atoms with Crippen LogP contribution in [0.15, 0.2) is 27.9 Å². The molecule has 1 fully saturated rings. The minimum atomic E-state index is 0. The molecule has 0 aromatic carbocycles. The summed E-state index contributed by atoms with van der Waals surface area (Å²) in [6, 6.07) is 4.22. The Balaban J connectivity index is 0.00000261. The first kappa shape index (κ1) is 22.6. The number of aromatic nitrogens is 1. The van der Waals surface area contributed by atoms with E-state index in [1.807, 2.05) is 0 Å². The van der Waals surface area contributed by atoms with Crippen molar-refractivity contribution in [3.8, 4) is 0 Å². The standard InChI is InChI=1S/C19H29N5S2.HI/c1-3-20-19(22-12-18-5-4-10-25-18)21-11-16-6-8-24(9-7-16)13-17-14-26-15(2)23-17;/h4-5,10,14,16H,3,6-9,11-13H2,1-2H3,(H2,20,21,22);1H. The van der Waals surface area contributed by atoms with Crippen molar-refractivity contribution in [3.05, 3.63) is 38.5 Å². The molecule has 0 bridgehead atoms. The van der Waals surface area contributed by atoms with E-state index < -0.39 is 0 Å². The summed E-state index contributed by atoms with van der Waals surface area (Å²) in [7, 11) is 0. The minimum Gasteiger partial charge on any atom is -0.357 e. The van der Waals surface area contributed by atoms with Crippen LogP contribution in [0.3, 0.4) is 0 Å². The Kier molecular flexibility index (Phi) is 10.0. The SMILES string of the molecule is CCNC(=NCc1cccs1)NCC1CCN(Cc2csc(C)n2)CC1.I. The van der Waals surface area contributed by atoms with Crippen LogP contribution in [0.25, 0.3) is 0 Å². The molecule has 0 spiro atoms. The molecule has 3 rings (SSSR count). The summed E-state index contributed by atoms with van der Waals surface area (Å²) in [6.07, 6.45) is 2.47. The molecule has 1 saturated heterocycles. The summed E-state index contributed by atoms with van der Waals surface area (Å²) >= 11 is 3.50. The second-order valence-electron chi connectivity index (χ2n) is 6.73. The third-order valence-electron chi connectivity index (χ3n) is 4.63. The summed E-state index contributed by atoms with van der Waals surface area (Å²) in [5.41, 5.74) is 1.22. The summed E-state index contributed by atoms with van der Waals surface area (Å²) in [5, 5.41) is 12.3. The van der Waals surface area contributed by atoms with Crippen molar-refractivity contribution in [2.45, 2.75) is 39.8 Å². The number of thiophene rings is 1. The zero-order valence-corrected chi connectivity index (χ0v) is 20.1. The molecular formula is C19H30IN5S2. The second kappa shape index (κ2) is 12.0. The Morgan fingerprint density at radius 1 is 1.30 bits per heavy atom. The fourth-order valence-corrected chi connectivity index (χ4v) is 4.43. The summed E-state index contributed by atoms with van der Waals surface area (Å²) in [6.45, 7) is 10.1. The number of hydrogen-bond acceptors (Lipinski definition) is 5. The van der Waals surface area contributed by atoms with Crippen LogP contribution < -0.4 is 10.6 Å². The van der Waals surface area contributed by atoms with E-state index in [9.17, 15) is 0 Å². The van der Waals surface area contributed by atoms with Gasteiger partial charge in [0, 0.05) is 29.9 Å². The molecule has 8 heteroatoms. The maximum absolute atomic E-state index is 4.70. The summed E-state index contributed by atoms with van der Waals surface area (Å²) in [5.74, 6) is 1.65. The Morgan fingerprint density at radius 3 is 2.74 bits per heavy atom. The lowest BCUT2D eigenvalue weighted by molar-refractivity contribution is 0.176. The van der Waals surface area contributed by atoms with Crippen LogP contribution in [0.1, 0.15) is 35.3 Å². The molecule has 0 aliphatic carbocycles. The summed E-state index contributed by atoms with van der Waals surface area (Å²) < 4.78 is 0.